The summed E-state index contributed by atoms with van der Waals surface area (Å²) in [5.74, 6) is 4.71. The third-order valence-corrected chi connectivity index (χ3v) is 7.09. The van der Waals surface area contributed by atoms with Crippen molar-refractivity contribution < 1.29 is 36.6 Å². The molecule has 0 atom stereocenters. The Morgan fingerprint density at radius 3 is 1.42 bits per heavy atom. The Hall–Kier alpha value is -6.86. The van der Waals surface area contributed by atoms with E-state index in [2.05, 4.69) is 31.9 Å². The fourth-order valence-electron chi connectivity index (χ4n) is 4.70. The van der Waals surface area contributed by atoms with Crippen LogP contribution in [-0.4, -0.2) is 24.8 Å². The molecule has 0 fully saturated rings. The summed E-state index contributed by atoms with van der Waals surface area (Å²) < 4.78 is 57.1. The summed E-state index contributed by atoms with van der Waals surface area (Å²) in [6.07, 6.45) is 0. The number of alkyl halides is 4. The van der Waals surface area contributed by atoms with Gasteiger partial charge in [0.05, 0.1) is 0 Å². The highest BCUT2D eigenvalue weighted by Gasteiger charge is 2.19. The Kier molecular flexibility index (Phi) is 12.8. The molecule has 10 heteroatoms. The maximum atomic E-state index is 12.5. The number of halogens is 4. The van der Waals surface area contributed by atoms with Gasteiger partial charge < -0.3 is 20.1 Å². The highest BCUT2D eigenvalue weighted by Crippen LogP contribution is 2.21. The van der Waals surface area contributed by atoms with Crippen molar-refractivity contribution in [2.75, 3.05) is 10.6 Å². The zero-order valence-electron chi connectivity index (χ0n) is 27.3. The van der Waals surface area contributed by atoms with Gasteiger partial charge in [-0.15, -0.1) is 0 Å². The average Bonchev–Trinajstić information content (AvgIpc) is 3.15. The summed E-state index contributed by atoms with van der Waals surface area (Å²) in [5.41, 5.74) is 5.37. The monoisotopic (exact) mass is 702 g/mol. The number of para-hydroxylation sites is 2. The molecule has 52 heavy (non-hydrogen) atoms. The number of ether oxygens (including phenoxy) is 2. The number of anilines is 4. The molecule has 0 aliphatic heterocycles. The van der Waals surface area contributed by atoms with Crippen LogP contribution >= 0.6 is 0 Å². The summed E-state index contributed by atoms with van der Waals surface area (Å²) in [7, 11) is 0. The molecule has 2 N–H and O–H groups in total. The molecule has 0 aromatic heterocycles. The lowest BCUT2D eigenvalue weighted by Crippen LogP contribution is -2.14. The second-order valence-electron chi connectivity index (χ2n) is 10.9. The lowest BCUT2D eigenvalue weighted by atomic mass is 10.0. The Labute approximate surface area is 297 Å². The number of hydrogen-bond acceptors (Lipinski definition) is 6. The molecule has 0 aliphatic carbocycles. The first-order valence-electron chi connectivity index (χ1n) is 15.8. The van der Waals surface area contributed by atoms with Gasteiger partial charge in [-0.3, -0.25) is 9.59 Å². The molecule has 260 valence electrons. The van der Waals surface area contributed by atoms with Crippen LogP contribution in [-0.2, 0) is 0 Å². The molecule has 6 aromatic carbocycles. The van der Waals surface area contributed by atoms with Gasteiger partial charge in [-0.2, -0.15) is 17.6 Å². The van der Waals surface area contributed by atoms with Crippen molar-refractivity contribution in [3.05, 3.63) is 180 Å². The van der Waals surface area contributed by atoms with Crippen LogP contribution in [0.1, 0.15) is 31.8 Å². The van der Waals surface area contributed by atoms with Gasteiger partial charge in [0.1, 0.15) is 11.5 Å². The van der Waals surface area contributed by atoms with Gasteiger partial charge >= 0.3 is 13.2 Å². The van der Waals surface area contributed by atoms with Crippen LogP contribution < -0.4 is 20.1 Å². The number of carbonyl (C=O) groups is 2. The minimum atomic E-state index is -2.95. The second kappa shape index (κ2) is 18.2. The first-order valence-corrected chi connectivity index (χ1v) is 15.8. The average molecular weight is 703 g/mol. The van der Waals surface area contributed by atoms with Gasteiger partial charge in [0, 0.05) is 45.0 Å². The number of rotatable bonds is 11. The Bertz CT molecular complexity index is 2130. The van der Waals surface area contributed by atoms with Crippen molar-refractivity contribution in [2.24, 2.45) is 0 Å². The normalized spacial score (nSPS) is 10.3. The van der Waals surface area contributed by atoms with E-state index in [0.29, 0.717) is 5.69 Å². The molecule has 6 rings (SSSR count). The predicted octanol–water partition coefficient (Wildman–Crippen LogP) is 10.5. The van der Waals surface area contributed by atoms with Gasteiger partial charge in [-0.25, -0.2) is 0 Å². The fourth-order valence-corrected chi connectivity index (χ4v) is 4.70. The van der Waals surface area contributed by atoms with Crippen LogP contribution in [0.2, 0.25) is 0 Å². The van der Waals surface area contributed by atoms with Gasteiger partial charge in [0.2, 0.25) is 11.6 Å². The number of benzene rings is 6. The van der Waals surface area contributed by atoms with Gasteiger partial charge in [-0.05, 0) is 103 Å². The molecule has 0 spiro atoms. The van der Waals surface area contributed by atoms with Crippen molar-refractivity contribution in [2.45, 2.75) is 13.2 Å². The molecule has 0 heterocycles. The van der Waals surface area contributed by atoms with E-state index < -0.39 is 24.8 Å². The van der Waals surface area contributed by atoms with Crippen LogP contribution in [0.4, 0.5) is 40.3 Å². The number of nitrogens with one attached hydrogen (secondary N) is 2. The number of carbonyl (C=O) groups excluding carboxylic acids is 2. The molecule has 0 saturated heterocycles. The quantitative estimate of drug-likeness (QED) is 0.0606. The van der Waals surface area contributed by atoms with Crippen molar-refractivity contribution in [1.82, 2.24) is 0 Å². The summed E-state index contributed by atoms with van der Waals surface area (Å²) >= 11 is 0. The van der Waals surface area contributed by atoms with Gasteiger partial charge in [0.15, 0.2) is 0 Å². The van der Waals surface area contributed by atoms with Crippen LogP contribution in [0, 0.1) is 11.8 Å². The summed E-state index contributed by atoms with van der Waals surface area (Å²) in [6, 6.07) is 44.9. The molecular weight excluding hydrogens is 672 g/mol. The van der Waals surface area contributed by atoms with E-state index in [4.69, 9.17) is 0 Å². The lowest BCUT2D eigenvalue weighted by Gasteiger charge is -2.08. The summed E-state index contributed by atoms with van der Waals surface area (Å²) in [5, 5.41) is 6.47. The highest BCUT2D eigenvalue weighted by molar-refractivity contribution is 6.49. The smallest absolute Gasteiger partial charge is 0.387 e. The molecule has 0 bridgehead atoms. The third-order valence-electron chi connectivity index (χ3n) is 7.09. The maximum absolute atomic E-state index is 12.5. The molecule has 0 saturated carbocycles. The maximum Gasteiger partial charge on any atom is 0.387 e. The minimum absolute atomic E-state index is 0.0805. The van der Waals surface area contributed by atoms with E-state index in [0.717, 1.165) is 28.2 Å². The SMILES string of the molecule is FC(F)Oc1ccc(C#Cc2cccc(Nc3ccccc3)c2)cc1.O=C(C(=O)c1cccc(Nc2ccccc2)c1)c1ccc(OC(F)F)cc1. The van der Waals surface area contributed by atoms with Crippen molar-refractivity contribution in [3.63, 3.8) is 0 Å². The van der Waals surface area contributed by atoms with Gasteiger partial charge in [-0.1, -0.05) is 66.4 Å². The molecule has 0 aliphatic rings. The minimum Gasteiger partial charge on any atom is -0.435 e. The Morgan fingerprint density at radius 1 is 0.442 bits per heavy atom. The molecular formula is C42H30F4N2O4. The van der Waals surface area contributed by atoms with Crippen LogP contribution in [0.15, 0.2) is 158 Å². The zero-order chi connectivity index (χ0) is 36.7. The van der Waals surface area contributed by atoms with Crippen LogP contribution in [0.3, 0.4) is 0 Å². The van der Waals surface area contributed by atoms with Gasteiger partial charge in [0.25, 0.3) is 0 Å². The predicted molar refractivity (Wildman–Crippen MR) is 193 cm³/mol. The third kappa shape index (κ3) is 11.4. The van der Waals surface area contributed by atoms with E-state index in [1.54, 1.807) is 36.4 Å². The van der Waals surface area contributed by atoms with E-state index in [-0.39, 0.29) is 22.6 Å². The molecule has 6 aromatic rings. The van der Waals surface area contributed by atoms with E-state index in [1.165, 1.54) is 36.4 Å². The number of hydrogen-bond donors (Lipinski definition) is 2. The molecule has 6 nitrogen and oxygen atoms in total. The second-order valence-corrected chi connectivity index (χ2v) is 10.9. The molecule has 0 amide bonds. The molecule has 0 unspecified atom stereocenters. The summed E-state index contributed by atoms with van der Waals surface area (Å²) in [4.78, 5) is 24.9. The first-order chi connectivity index (χ1) is 25.2. The largest absolute Gasteiger partial charge is 0.435 e. The topological polar surface area (TPSA) is 76.7 Å². The van der Waals surface area contributed by atoms with Crippen molar-refractivity contribution in [3.8, 4) is 23.3 Å². The number of ketones is 2. The lowest BCUT2D eigenvalue weighted by molar-refractivity contribution is -0.0505. The number of Topliss-reactive ketones (excluding diaryl/α,β-unsaturated/α-hetero) is 2. The first kappa shape index (κ1) is 36.4. The molecule has 0 radical (unpaired) electrons. The van der Waals surface area contributed by atoms with E-state index >= 15 is 0 Å². The highest BCUT2D eigenvalue weighted by atomic mass is 19.3. The fraction of sp³-hybridized carbons (Fsp3) is 0.0476. The Balaban J connectivity index is 0.000000202. The standard InChI is InChI=1S/C21H15F2NO3.C21H15F2NO/c22-21(23)27-18-11-9-14(10-12-18)19(25)20(26)15-5-4-8-17(13-15)24-16-6-2-1-3-7-16;22-21(23)25-20-13-11-16(12-14-20)9-10-17-5-4-8-19(15-17)24-18-6-2-1-3-7-18/h1-13,21,24H;1-8,11-15,21,24H. The van der Waals surface area contributed by atoms with Crippen LogP contribution in [0.5, 0.6) is 11.5 Å². The summed E-state index contributed by atoms with van der Waals surface area (Å²) in [6.45, 7) is -5.77. The van der Waals surface area contributed by atoms with Crippen molar-refractivity contribution in [1.29, 1.82) is 0 Å². The Morgan fingerprint density at radius 2 is 0.885 bits per heavy atom. The van der Waals surface area contributed by atoms with E-state index in [9.17, 15) is 27.2 Å². The van der Waals surface area contributed by atoms with Crippen molar-refractivity contribution >= 4 is 34.3 Å². The zero-order valence-corrected chi connectivity index (χ0v) is 27.3. The van der Waals surface area contributed by atoms with Crippen LogP contribution in [0.25, 0.3) is 0 Å². The van der Waals surface area contributed by atoms with E-state index in [1.807, 2.05) is 84.9 Å².